The van der Waals surface area contributed by atoms with Gasteiger partial charge in [-0.3, -0.25) is 0 Å². The topological polar surface area (TPSA) is 38.7 Å². The first-order valence-electron chi connectivity index (χ1n) is 12.0. The van der Waals surface area contributed by atoms with E-state index in [1.807, 2.05) is 36.4 Å². The summed E-state index contributed by atoms with van der Waals surface area (Å²) in [6.45, 7) is 0. The molecule has 0 atom stereocenters. The summed E-state index contributed by atoms with van der Waals surface area (Å²) in [5, 5.41) is 0. The fraction of sp³-hybridized carbons (Fsp3) is 0.129. The number of aryl methyl sites for hydroxylation is 4. The molecule has 4 aromatic carbocycles. The second kappa shape index (κ2) is 9.55. The molecule has 0 radical (unpaired) electrons. The quantitative estimate of drug-likeness (QED) is 0.248. The first-order valence-corrected chi connectivity index (χ1v) is 12.8. The van der Waals surface area contributed by atoms with Crippen LogP contribution in [-0.4, -0.2) is 15.0 Å². The summed E-state index contributed by atoms with van der Waals surface area (Å²) < 4.78 is 1.21. The molecule has 5 aromatic rings. The van der Waals surface area contributed by atoms with E-state index in [-0.39, 0.29) is 0 Å². The highest BCUT2D eigenvalue weighted by Gasteiger charge is 2.16. The van der Waals surface area contributed by atoms with Crippen LogP contribution in [0.4, 0.5) is 0 Å². The van der Waals surface area contributed by atoms with Gasteiger partial charge in [-0.1, -0.05) is 101 Å². The maximum Gasteiger partial charge on any atom is 0.164 e. The fourth-order valence-corrected chi connectivity index (χ4v) is 5.27. The lowest BCUT2D eigenvalue weighted by molar-refractivity contribution is 0.914. The lowest BCUT2D eigenvalue weighted by Crippen LogP contribution is -2.05. The molecule has 1 heterocycles. The molecule has 0 aliphatic heterocycles. The highest BCUT2D eigenvalue weighted by Crippen LogP contribution is 2.30. The molecule has 0 saturated carbocycles. The third-order valence-corrected chi connectivity index (χ3v) is 7.34. The Morgan fingerprint density at radius 1 is 0.486 bits per heavy atom. The zero-order valence-corrected chi connectivity index (χ0v) is 20.9. The van der Waals surface area contributed by atoms with Crippen LogP contribution in [0.25, 0.3) is 34.2 Å². The number of hydrogen-bond acceptors (Lipinski definition) is 3. The Labute approximate surface area is 214 Å². The van der Waals surface area contributed by atoms with Crippen molar-refractivity contribution in [2.45, 2.75) is 25.7 Å². The molecule has 0 unspecified atom stereocenters. The smallest absolute Gasteiger partial charge is 0.164 e. The molecule has 0 saturated heterocycles. The van der Waals surface area contributed by atoms with E-state index >= 15 is 0 Å². The molecule has 1 aromatic heterocycles. The van der Waals surface area contributed by atoms with Gasteiger partial charge in [-0.2, -0.15) is 0 Å². The number of rotatable bonds is 3. The standard InChI is InChI=1S/C31H24BrN3/c32-28-20-22-12-16-23-15-11-21(13-17-24(28)18-14-22)19-27(23)31-34-29(25-7-3-1-4-8-25)33-30(35-31)26-9-5-2-6-10-26/h1-11,14-15,18-20H,12-13,16-17H2. The SMILES string of the molecule is Brc1cc2ccc1CCc1ccc(c(-c3nc(-c4ccccc4)nc(-c4ccccc4)n3)c1)CC2. The van der Waals surface area contributed by atoms with Gasteiger partial charge in [-0.25, -0.2) is 15.0 Å². The maximum absolute atomic E-state index is 5.00. The Bertz CT molecular complexity index is 1440. The van der Waals surface area contributed by atoms with Crippen molar-refractivity contribution in [3.8, 4) is 34.2 Å². The molecule has 170 valence electrons. The number of benzene rings is 4. The van der Waals surface area contributed by atoms with Crippen molar-refractivity contribution in [2.75, 3.05) is 0 Å². The Morgan fingerprint density at radius 3 is 1.60 bits per heavy atom. The van der Waals surface area contributed by atoms with Crippen LogP contribution in [0.1, 0.15) is 22.3 Å². The van der Waals surface area contributed by atoms with Gasteiger partial charge in [0, 0.05) is 21.2 Å². The van der Waals surface area contributed by atoms with Gasteiger partial charge in [-0.15, -0.1) is 0 Å². The summed E-state index contributed by atoms with van der Waals surface area (Å²) in [6, 6.07) is 33.9. The third-order valence-electron chi connectivity index (χ3n) is 6.60. The minimum absolute atomic E-state index is 0.700. The minimum Gasteiger partial charge on any atom is -0.208 e. The van der Waals surface area contributed by atoms with Crippen LogP contribution in [0.3, 0.4) is 0 Å². The van der Waals surface area contributed by atoms with Crippen LogP contribution in [0, 0.1) is 0 Å². The molecule has 4 aliphatic carbocycles. The van der Waals surface area contributed by atoms with E-state index in [4.69, 9.17) is 15.0 Å². The van der Waals surface area contributed by atoms with Crippen LogP contribution >= 0.6 is 15.9 Å². The molecule has 4 aliphatic rings. The molecule has 0 spiro atoms. The van der Waals surface area contributed by atoms with Crippen molar-refractivity contribution in [1.29, 1.82) is 0 Å². The predicted octanol–water partition coefficient (Wildman–Crippen LogP) is 7.52. The van der Waals surface area contributed by atoms with Crippen LogP contribution in [0.15, 0.2) is 102 Å². The number of nitrogens with zero attached hydrogens (tertiary/aromatic N) is 3. The zero-order valence-electron chi connectivity index (χ0n) is 19.3. The molecule has 4 bridgehead atoms. The minimum atomic E-state index is 0.700. The third kappa shape index (κ3) is 4.67. The van der Waals surface area contributed by atoms with Gasteiger partial charge in [-0.05, 0) is 60.1 Å². The van der Waals surface area contributed by atoms with Crippen molar-refractivity contribution in [3.05, 3.63) is 124 Å². The summed E-state index contributed by atoms with van der Waals surface area (Å²) in [6.07, 6.45) is 3.84. The average Bonchev–Trinajstić information content (AvgIpc) is 2.91. The van der Waals surface area contributed by atoms with Crippen molar-refractivity contribution in [1.82, 2.24) is 15.0 Å². The summed E-state index contributed by atoms with van der Waals surface area (Å²) in [5.41, 5.74) is 8.32. The molecule has 0 amide bonds. The van der Waals surface area contributed by atoms with Crippen LogP contribution in [0.5, 0.6) is 0 Å². The summed E-state index contributed by atoms with van der Waals surface area (Å²) in [4.78, 5) is 14.9. The fourth-order valence-electron chi connectivity index (χ4n) is 4.64. The molecule has 35 heavy (non-hydrogen) atoms. The van der Waals surface area contributed by atoms with E-state index in [2.05, 4.69) is 76.6 Å². The molecule has 0 N–H and O–H groups in total. The molecular weight excluding hydrogens is 494 g/mol. The molecular formula is C31H24BrN3. The lowest BCUT2D eigenvalue weighted by atomic mass is 9.93. The Hall–Kier alpha value is -3.63. The lowest BCUT2D eigenvalue weighted by Gasteiger charge is -2.16. The maximum atomic E-state index is 5.00. The van der Waals surface area contributed by atoms with Crippen molar-refractivity contribution < 1.29 is 0 Å². The van der Waals surface area contributed by atoms with Crippen molar-refractivity contribution in [3.63, 3.8) is 0 Å². The van der Waals surface area contributed by atoms with Gasteiger partial charge >= 0.3 is 0 Å². The van der Waals surface area contributed by atoms with E-state index in [1.54, 1.807) is 0 Å². The van der Waals surface area contributed by atoms with Gasteiger partial charge in [0.1, 0.15) is 0 Å². The predicted molar refractivity (Wildman–Crippen MR) is 145 cm³/mol. The van der Waals surface area contributed by atoms with Gasteiger partial charge < -0.3 is 0 Å². The molecule has 4 heteroatoms. The first kappa shape index (κ1) is 21.9. The van der Waals surface area contributed by atoms with Crippen molar-refractivity contribution >= 4 is 15.9 Å². The average molecular weight is 518 g/mol. The Balaban J connectivity index is 1.50. The summed E-state index contributed by atoms with van der Waals surface area (Å²) in [7, 11) is 0. The first-order chi connectivity index (χ1) is 17.2. The van der Waals surface area contributed by atoms with Crippen molar-refractivity contribution in [2.24, 2.45) is 0 Å². The normalized spacial score (nSPS) is 12.8. The molecule has 0 fully saturated rings. The van der Waals surface area contributed by atoms with E-state index in [1.165, 1.54) is 26.7 Å². The van der Waals surface area contributed by atoms with E-state index < -0.39 is 0 Å². The van der Waals surface area contributed by atoms with E-state index in [9.17, 15) is 0 Å². The van der Waals surface area contributed by atoms with Crippen LogP contribution in [0.2, 0.25) is 0 Å². The largest absolute Gasteiger partial charge is 0.208 e. The Morgan fingerprint density at radius 2 is 1.00 bits per heavy atom. The highest BCUT2D eigenvalue weighted by atomic mass is 79.9. The second-order valence-electron chi connectivity index (χ2n) is 8.96. The van der Waals surface area contributed by atoms with Gasteiger partial charge in [0.15, 0.2) is 17.5 Å². The summed E-state index contributed by atoms with van der Waals surface area (Å²) >= 11 is 3.77. The number of hydrogen-bond donors (Lipinski definition) is 0. The highest BCUT2D eigenvalue weighted by molar-refractivity contribution is 9.10. The molecule has 9 rings (SSSR count). The van der Waals surface area contributed by atoms with Crippen LogP contribution in [-0.2, 0) is 25.7 Å². The van der Waals surface area contributed by atoms with E-state index in [0.29, 0.717) is 11.6 Å². The van der Waals surface area contributed by atoms with E-state index in [0.717, 1.165) is 48.2 Å². The number of halogens is 1. The van der Waals surface area contributed by atoms with Gasteiger partial charge in [0.25, 0.3) is 0 Å². The molecule has 3 nitrogen and oxygen atoms in total. The number of aromatic nitrogens is 3. The van der Waals surface area contributed by atoms with Crippen LogP contribution < -0.4 is 0 Å². The Kier molecular flexibility index (Phi) is 5.97. The van der Waals surface area contributed by atoms with Gasteiger partial charge in [0.2, 0.25) is 0 Å². The summed E-state index contributed by atoms with van der Waals surface area (Å²) in [5.74, 6) is 2.14. The monoisotopic (exact) mass is 517 g/mol. The zero-order chi connectivity index (χ0) is 23.6. The van der Waals surface area contributed by atoms with Gasteiger partial charge in [0.05, 0.1) is 0 Å². The second-order valence-corrected chi connectivity index (χ2v) is 9.81.